The minimum Gasteiger partial charge on any atom is -0.354 e. The molecule has 0 aliphatic carbocycles. The van der Waals surface area contributed by atoms with Crippen LogP contribution < -0.4 is 10.2 Å². The van der Waals surface area contributed by atoms with Crippen molar-refractivity contribution in [1.29, 1.82) is 0 Å². The van der Waals surface area contributed by atoms with E-state index in [4.69, 9.17) is 0 Å². The van der Waals surface area contributed by atoms with Crippen molar-refractivity contribution in [2.45, 2.75) is 13.1 Å². The maximum atomic E-state index is 4.51. The monoisotopic (exact) mass is 326 g/mol. The number of aromatic nitrogens is 2. The van der Waals surface area contributed by atoms with Crippen molar-refractivity contribution in [2.24, 2.45) is 0 Å². The molecular weight excluding hydrogens is 312 g/mol. The highest BCUT2D eigenvalue weighted by molar-refractivity contribution is 9.10. The van der Waals surface area contributed by atoms with Crippen LogP contribution in [0.15, 0.2) is 28.2 Å². The molecule has 2 aromatic heterocycles. The minimum atomic E-state index is 0.687. The second-order valence-electron chi connectivity index (χ2n) is 3.95. The number of anilines is 1. The van der Waals surface area contributed by atoms with Gasteiger partial charge in [-0.3, -0.25) is 0 Å². The highest BCUT2D eigenvalue weighted by Crippen LogP contribution is 2.22. The first-order chi connectivity index (χ1) is 8.69. The van der Waals surface area contributed by atoms with Crippen LogP contribution in [0.25, 0.3) is 0 Å². The van der Waals surface area contributed by atoms with Crippen LogP contribution in [0.5, 0.6) is 0 Å². The van der Waals surface area contributed by atoms with Crippen molar-refractivity contribution in [2.75, 3.05) is 19.0 Å². The van der Waals surface area contributed by atoms with Gasteiger partial charge in [0.05, 0.1) is 13.1 Å². The Balaban J connectivity index is 2.08. The van der Waals surface area contributed by atoms with Gasteiger partial charge in [0.1, 0.15) is 11.6 Å². The predicted molar refractivity (Wildman–Crippen MR) is 78.9 cm³/mol. The zero-order valence-electron chi connectivity index (χ0n) is 10.4. The SMILES string of the molecule is CNCc1nccc(N(C)Cc2cc(Br)cs2)n1. The summed E-state index contributed by atoms with van der Waals surface area (Å²) in [6.07, 6.45) is 1.80. The van der Waals surface area contributed by atoms with Crippen molar-refractivity contribution in [3.63, 3.8) is 0 Å². The molecule has 2 heterocycles. The lowest BCUT2D eigenvalue weighted by Gasteiger charge is -2.17. The second-order valence-corrected chi connectivity index (χ2v) is 5.86. The highest BCUT2D eigenvalue weighted by atomic mass is 79.9. The van der Waals surface area contributed by atoms with Crippen molar-refractivity contribution in [1.82, 2.24) is 15.3 Å². The number of thiophene rings is 1. The van der Waals surface area contributed by atoms with Crippen LogP contribution in [-0.2, 0) is 13.1 Å². The van der Waals surface area contributed by atoms with E-state index < -0.39 is 0 Å². The number of nitrogens with zero attached hydrogens (tertiary/aromatic N) is 3. The summed E-state index contributed by atoms with van der Waals surface area (Å²) in [6, 6.07) is 4.07. The van der Waals surface area contributed by atoms with Gasteiger partial charge in [0.25, 0.3) is 0 Å². The molecule has 1 N–H and O–H groups in total. The Morgan fingerprint density at radius 1 is 1.50 bits per heavy atom. The van der Waals surface area contributed by atoms with Crippen LogP contribution >= 0.6 is 27.3 Å². The maximum absolute atomic E-state index is 4.51. The van der Waals surface area contributed by atoms with Gasteiger partial charge in [0.15, 0.2) is 0 Å². The summed E-state index contributed by atoms with van der Waals surface area (Å²) < 4.78 is 1.13. The van der Waals surface area contributed by atoms with Crippen LogP contribution in [0.1, 0.15) is 10.7 Å². The molecule has 0 saturated heterocycles. The topological polar surface area (TPSA) is 41.1 Å². The number of halogens is 1. The van der Waals surface area contributed by atoms with Gasteiger partial charge in [-0.25, -0.2) is 9.97 Å². The lowest BCUT2D eigenvalue weighted by molar-refractivity contribution is 0.751. The van der Waals surface area contributed by atoms with Gasteiger partial charge in [-0.1, -0.05) is 0 Å². The summed E-state index contributed by atoms with van der Waals surface area (Å²) in [7, 11) is 3.93. The van der Waals surface area contributed by atoms with E-state index in [9.17, 15) is 0 Å². The van der Waals surface area contributed by atoms with Crippen molar-refractivity contribution >= 4 is 33.1 Å². The standard InChI is InChI=1S/C12H15BrN4S/c1-14-6-11-15-4-3-12(16-11)17(2)7-10-5-9(13)8-18-10/h3-5,8,14H,6-7H2,1-2H3. The summed E-state index contributed by atoms with van der Waals surface area (Å²) in [5.41, 5.74) is 0. The average Bonchev–Trinajstić information content (AvgIpc) is 2.75. The highest BCUT2D eigenvalue weighted by Gasteiger charge is 2.06. The molecule has 0 aromatic carbocycles. The molecule has 0 aliphatic rings. The van der Waals surface area contributed by atoms with Gasteiger partial charge < -0.3 is 10.2 Å². The van der Waals surface area contributed by atoms with E-state index in [1.165, 1.54) is 4.88 Å². The maximum Gasteiger partial charge on any atom is 0.144 e. The smallest absolute Gasteiger partial charge is 0.144 e. The van der Waals surface area contributed by atoms with E-state index in [-0.39, 0.29) is 0 Å². The summed E-state index contributed by atoms with van der Waals surface area (Å²) in [5, 5.41) is 5.15. The molecule has 0 amide bonds. The zero-order valence-corrected chi connectivity index (χ0v) is 12.8. The molecule has 96 valence electrons. The molecule has 0 aliphatic heterocycles. The van der Waals surface area contributed by atoms with Crippen molar-refractivity contribution < 1.29 is 0 Å². The molecule has 2 aromatic rings. The Morgan fingerprint density at radius 2 is 2.33 bits per heavy atom. The number of hydrogen-bond acceptors (Lipinski definition) is 5. The molecule has 0 spiro atoms. The predicted octanol–water partition coefficient (Wildman–Crippen LogP) is 2.66. The summed E-state index contributed by atoms with van der Waals surface area (Å²) >= 11 is 5.21. The first-order valence-corrected chi connectivity index (χ1v) is 7.27. The zero-order chi connectivity index (χ0) is 13.0. The van der Waals surface area contributed by atoms with Gasteiger partial charge in [-0.2, -0.15) is 0 Å². The molecule has 0 radical (unpaired) electrons. The molecule has 6 heteroatoms. The van der Waals surface area contributed by atoms with Gasteiger partial charge in [-0.05, 0) is 35.1 Å². The average molecular weight is 327 g/mol. The summed E-state index contributed by atoms with van der Waals surface area (Å²) in [5.74, 6) is 1.76. The molecule has 0 saturated carbocycles. The Hall–Kier alpha value is -0.980. The molecular formula is C12H15BrN4S. The molecule has 4 nitrogen and oxygen atoms in total. The van der Waals surface area contributed by atoms with Crippen LogP contribution in [-0.4, -0.2) is 24.1 Å². The molecule has 0 fully saturated rings. The van der Waals surface area contributed by atoms with E-state index >= 15 is 0 Å². The van der Waals surface area contributed by atoms with Gasteiger partial charge in [0, 0.05) is 28.0 Å². The lowest BCUT2D eigenvalue weighted by Crippen LogP contribution is -2.18. The Labute approximate surface area is 119 Å². The largest absolute Gasteiger partial charge is 0.354 e. The minimum absolute atomic E-state index is 0.687. The third-order valence-electron chi connectivity index (χ3n) is 2.43. The fourth-order valence-electron chi connectivity index (χ4n) is 1.60. The third kappa shape index (κ3) is 3.51. The first-order valence-electron chi connectivity index (χ1n) is 5.59. The molecule has 18 heavy (non-hydrogen) atoms. The van der Waals surface area contributed by atoms with E-state index in [2.05, 4.69) is 47.6 Å². The van der Waals surface area contributed by atoms with Crippen molar-refractivity contribution in [3.8, 4) is 0 Å². The van der Waals surface area contributed by atoms with E-state index in [0.717, 1.165) is 22.7 Å². The van der Waals surface area contributed by atoms with Crippen LogP contribution in [0.4, 0.5) is 5.82 Å². The molecule has 0 bridgehead atoms. The fraction of sp³-hybridized carbons (Fsp3) is 0.333. The van der Waals surface area contributed by atoms with E-state index in [1.807, 2.05) is 20.2 Å². The molecule has 0 atom stereocenters. The van der Waals surface area contributed by atoms with Crippen molar-refractivity contribution in [3.05, 3.63) is 38.9 Å². The fourth-order valence-corrected chi connectivity index (χ4v) is 3.10. The molecule has 2 rings (SSSR count). The van der Waals surface area contributed by atoms with E-state index in [0.29, 0.717) is 6.54 Å². The second kappa shape index (κ2) is 6.26. The van der Waals surface area contributed by atoms with E-state index in [1.54, 1.807) is 17.5 Å². The Kier molecular flexibility index (Phi) is 4.68. The lowest BCUT2D eigenvalue weighted by atomic mass is 10.4. The van der Waals surface area contributed by atoms with Crippen LogP contribution in [0.3, 0.4) is 0 Å². The first kappa shape index (κ1) is 13.5. The third-order valence-corrected chi connectivity index (χ3v) is 4.11. The van der Waals surface area contributed by atoms with Gasteiger partial charge in [0.2, 0.25) is 0 Å². The number of nitrogens with one attached hydrogen (secondary N) is 1. The number of hydrogen-bond donors (Lipinski definition) is 1. The van der Waals surface area contributed by atoms with Crippen LogP contribution in [0.2, 0.25) is 0 Å². The quantitative estimate of drug-likeness (QED) is 0.917. The Bertz CT molecular complexity index is 514. The van der Waals surface area contributed by atoms with Gasteiger partial charge >= 0.3 is 0 Å². The Morgan fingerprint density at radius 3 is 3.00 bits per heavy atom. The summed E-state index contributed by atoms with van der Waals surface area (Å²) in [4.78, 5) is 12.2. The van der Waals surface area contributed by atoms with Gasteiger partial charge in [-0.15, -0.1) is 11.3 Å². The number of rotatable bonds is 5. The molecule has 0 unspecified atom stereocenters. The normalized spacial score (nSPS) is 10.6. The van der Waals surface area contributed by atoms with Crippen LogP contribution in [0, 0.1) is 0 Å². The summed E-state index contributed by atoms with van der Waals surface area (Å²) in [6.45, 7) is 1.54.